The second kappa shape index (κ2) is 6.14. The van der Waals surface area contributed by atoms with E-state index in [9.17, 15) is 9.18 Å². The van der Waals surface area contributed by atoms with Crippen LogP contribution in [0.2, 0.25) is 0 Å². The molecule has 0 fully saturated rings. The Kier molecular flexibility index (Phi) is 4.29. The van der Waals surface area contributed by atoms with Gasteiger partial charge in [0.25, 0.3) is 5.91 Å². The van der Waals surface area contributed by atoms with E-state index in [0.717, 1.165) is 0 Å². The highest BCUT2D eigenvalue weighted by Gasteiger charge is 2.18. The Hall–Kier alpha value is -2.44. The molecule has 0 saturated heterocycles. The van der Waals surface area contributed by atoms with Crippen LogP contribution in [0.5, 0.6) is 0 Å². The number of para-hydroxylation sites is 1. The van der Waals surface area contributed by atoms with Crippen molar-refractivity contribution in [2.75, 3.05) is 18.9 Å². The minimum absolute atomic E-state index is 0.226. The number of aromatic amines is 1. The Morgan fingerprint density at radius 2 is 2.30 bits per heavy atom. The van der Waals surface area contributed by atoms with Gasteiger partial charge in [0, 0.05) is 13.6 Å². The first-order chi connectivity index (χ1) is 9.63. The largest absolute Gasteiger partial charge is 0.382 e. The number of hydrogen-bond acceptors (Lipinski definition) is 4. The van der Waals surface area contributed by atoms with Gasteiger partial charge in [0.15, 0.2) is 0 Å². The summed E-state index contributed by atoms with van der Waals surface area (Å²) in [5, 5.41) is 9.28. The van der Waals surface area contributed by atoms with Crippen LogP contribution >= 0.6 is 0 Å². The highest BCUT2D eigenvalue weighted by atomic mass is 19.1. The molecule has 0 aliphatic carbocycles. The monoisotopic (exact) mass is 277 g/mol. The number of nitrogens with zero attached hydrogens (tertiary/aromatic N) is 3. The molecule has 2 rings (SSSR count). The van der Waals surface area contributed by atoms with E-state index in [2.05, 4.69) is 20.5 Å². The molecule has 0 bridgehead atoms. The van der Waals surface area contributed by atoms with Crippen LogP contribution in [0.4, 0.5) is 10.1 Å². The number of carbonyl (C=O) groups is 1. The van der Waals surface area contributed by atoms with Crippen LogP contribution < -0.4 is 5.32 Å². The number of rotatable bonds is 5. The summed E-state index contributed by atoms with van der Waals surface area (Å²) in [4.78, 5) is 17.8. The van der Waals surface area contributed by atoms with Gasteiger partial charge < -0.3 is 10.2 Å². The van der Waals surface area contributed by atoms with Crippen molar-refractivity contribution in [3.63, 3.8) is 0 Å². The highest BCUT2D eigenvalue weighted by molar-refractivity contribution is 5.99. The van der Waals surface area contributed by atoms with Crippen LogP contribution in [0.3, 0.4) is 0 Å². The van der Waals surface area contributed by atoms with Gasteiger partial charge in [-0.15, -0.1) is 0 Å². The van der Waals surface area contributed by atoms with Crippen molar-refractivity contribution < 1.29 is 9.18 Å². The molecule has 0 spiro atoms. The lowest BCUT2D eigenvalue weighted by atomic mass is 10.1. The normalized spacial score (nSPS) is 10.3. The number of aromatic nitrogens is 3. The molecule has 6 nitrogen and oxygen atoms in total. The van der Waals surface area contributed by atoms with E-state index in [1.54, 1.807) is 13.1 Å². The average molecular weight is 277 g/mol. The summed E-state index contributed by atoms with van der Waals surface area (Å²) >= 11 is 0. The Bertz CT molecular complexity index is 584. The van der Waals surface area contributed by atoms with Crippen molar-refractivity contribution in [2.24, 2.45) is 0 Å². The van der Waals surface area contributed by atoms with E-state index in [-0.39, 0.29) is 18.1 Å². The average Bonchev–Trinajstić information content (AvgIpc) is 2.93. The maximum Gasteiger partial charge on any atom is 0.256 e. The van der Waals surface area contributed by atoms with Gasteiger partial charge in [-0.2, -0.15) is 5.10 Å². The Balaban J connectivity index is 2.22. The molecule has 1 amide bonds. The van der Waals surface area contributed by atoms with Gasteiger partial charge in [-0.25, -0.2) is 9.37 Å². The maximum absolute atomic E-state index is 13.8. The topological polar surface area (TPSA) is 73.9 Å². The first-order valence-corrected chi connectivity index (χ1v) is 6.25. The fourth-order valence-corrected chi connectivity index (χ4v) is 1.87. The first-order valence-electron chi connectivity index (χ1n) is 6.25. The van der Waals surface area contributed by atoms with E-state index >= 15 is 0 Å². The van der Waals surface area contributed by atoms with Crippen LogP contribution in [0.15, 0.2) is 24.5 Å². The number of hydrogen-bond donors (Lipinski definition) is 2. The number of H-pyrrole nitrogens is 1. The zero-order valence-corrected chi connectivity index (χ0v) is 11.4. The van der Waals surface area contributed by atoms with Crippen LogP contribution in [-0.4, -0.2) is 39.6 Å². The third-order valence-electron chi connectivity index (χ3n) is 2.80. The van der Waals surface area contributed by atoms with Gasteiger partial charge in [-0.05, 0) is 19.1 Å². The predicted octanol–water partition coefficient (Wildman–Crippen LogP) is 1.65. The number of benzene rings is 1. The summed E-state index contributed by atoms with van der Waals surface area (Å²) < 4.78 is 13.8. The molecular weight excluding hydrogens is 261 g/mol. The Morgan fingerprint density at radius 1 is 1.50 bits per heavy atom. The zero-order valence-electron chi connectivity index (χ0n) is 11.4. The minimum atomic E-state index is -0.439. The zero-order chi connectivity index (χ0) is 14.5. The van der Waals surface area contributed by atoms with Crippen LogP contribution in [-0.2, 0) is 6.54 Å². The molecule has 2 N–H and O–H groups in total. The summed E-state index contributed by atoms with van der Waals surface area (Å²) in [6.45, 7) is 2.66. The quantitative estimate of drug-likeness (QED) is 0.871. The molecule has 0 unspecified atom stereocenters. The lowest BCUT2D eigenvalue weighted by molar-refractivity contribution is 0.0782. The van der Waals surface area contributed by atoms with E-state index in [1.165, 1.54) is 23.4 Å². The summed E-state index contributed by atoms with van der Waals surface area (Å²) in [6.07, 6.45) is 1.37. The van der Waals surface area contributed by atoms with E-state index < -0.39 is 5.82 Å². The van der Waals surface area contributed by atoms with Gasteiger partial charge in [0.2, 0.25) is 0 Å². The van der Waals surface area contributed by atoms with Crippen molar-refractivity contribution in [3.8, 4) is 0 Å². The molecule has 1 aromatic carbocycles. The van der Waals surface area contributed by atoms with Crippen LogP contribution in [0, 0.1) is 5.82 Å². The van der Waals surface area contributed by atoms with Crippen molar-refractivity contribution in [1.29, 1.82) is 0 Å². The number of nitrogens with one attached hydrogen (secondary N) is 2. The molecule has 7 heteroatoms. The van der Waals surface area contributed by atoms with Crippen molar-refractivity contribution >= 4 is 11.6 Å². The summed E-state index contributed by atoms with van der Waals surface area (Å²) in [5.41, 5.74) is 0.526. The van der Waals surface area contributed by atoms with Crippen LogP contribution in [0.25, 0.3) is 0 Å². The minimum Gasteiger partial charge on any atom is -0.382 e. The lowest BCUT2D eigenvalue weighted by Gasteiger charge is -2.18. The van der Waals surface area contributed by atoms with E-state index in [4.69, 9.17) is 0 Å². The van der Waals surface area contributed by atoms with Crippen LogP contribution in [0.1, 0.15) is 23.1 Å². The molecular formula is C13H16FN5O. The SMILES string of the molecule is CCNc1c(F)cccc1C(=O)N(C)Cc1ncn[nH]1. The fourth-order valence-electron chi connectivity index (χ4n) is 1.87. The number of halogens is 1. The fraction of sp³-hybridized carbons (Fsp3) is 0.308. The van der Waals surface area contributed by atoms with Crippen molar-refractivity contribution in [3.05, 3.63) is 41.7 Å². The maximum atomic E-state index is 13.8. The number of carbonyl (C=O) groups excluding carboxylic acids is 1. The van der Waals surface area contributed by atoms with Gasteiger partial charge in [0.1, 0.15) is 18.0 Å². The highest BCUT2D eigenvalue weighted by Crippen LogP contribution is 2.21. The molecule has 20 heavy (non-hydrogen) atoms. The van der Waals surface area contributed by atoms with Crippen molar-refractivity contribution in [2.45, 2.75) is 13.5 Å². The molecule has 2 aromatic rings. The predicted molar refractivity (Wildman–Crippen MR) is 72.7 cm³/mol. The summed E-state index contributed by atoms with van der Waals surface area (Å²) in [7, 11) is 1.63. The first kappa shape index (κ1) is 14.0. The molecule has 0 radical (unpaired) electrons. The van der Waals surface area contributed by atoms with Gasteiger partial charge in [-0.1, -0.05) is 6.07 Å². The summed E-state index contributed by atoms with van der Waals surface area (Å²) in [6, 6.07) is 4.44. The second-order valence-corrected chi connectivity index (χ2v) is 4.29. The molecule has 0 aliphatic rings. The van der Waals surface area contributed by atoms with E-state index in [1.807, 2.05) is 6.92 Å². The molecule has 1 heterocycles. The molecule has 106 valence electrons. The standard InChI is InChI=1S/C13H16FN5O/c1-3-15-12-9(5-4-6-10(12)14)13(20)19(2)7-11-16-8-17-18-11/h4-6,8,15H,3,7H2,1-2H3,(H,16,17,18). The van der Waals surface area contributed by atoms with Gasteiger partial charge in [0.05, 0.1) is 17.8 Å². The molecule has 0 aliphatic heterocycles. The smallest absolute Gasteiger partial charge is 0.256 e. The third-order valence-corrected chi connectivity index (χ3v) is 2.80. The second-order valence-electron chi connectivity index (χ2n) is 4.29. The third kappa shape index (κ3) is 2.93. The summed E-state index contributed by atoms with van der Waals surface area (Å²) in [5.74, 6) is -0.148. The lowest BCUT2D eigenvalue weighted by Crippen LogP contribution is -2.27. The number of anilines is 1. The molecule has 0 saturated carbocycles. The Labute approximate surface area is 116 Å². The molecule has 1 aromatic heterocycles. The number of amides is 1. The Morgan fingerprint density at radius 3 is 2.95 bits per heavy atom. The van der Waals surface area contributed by atoms with Gasteiger partial charge >= 0.3 is 0 Å². The van der Waals surface area contributed by atoms with Gasteiger partial charge in [-0.3, -0.25) is 9.89 Å². The van der Waals surface area contributed by atoms with E-state index in [0.29, 0.717) is 17.9 Å². The van der Waals surface area contributed by atoms with Crippen molar-refractivity contribution in [1.82, 2.24) is 20.1 Å². The molecule has 0 atom stereocenters.